The fourth-order valence-electron chi connectivity index (χ4n) is 2.94. The lowest BCUT2D eigenvalue weighted by Crippen LogP contribution is -2.14. The van der Waals surface area contributed by atoms with Crippen molar-refractivity contribution in [3.05, 3.63) is 60.2 Å². The maximum Gasteiger partial charge on any atom is 0.0386 e. The summed E-state index contributed by atoms with van der Waals surface area (Å²) in [6, 6.07) is 19.4. The third-order valence-corrected chi connectivity index (χ3v) is 5.75. The van der Waals surface area contributed by atoms with Crippen LogP contribution in [0.4, 0.5) is 0 Å². The zero-order valence-corrected chi connectivity index (χ0v) is 13.2. The molecule has 2 aromatic rings. The molecule has 1 aliphatic rings. The topological polar surface area (TPSA) is 26.0 Å². The first-order valence-corrected chi connectivity index (χ1v) is 8.90. The van der Waals surface area contributed by atoms with E-state index >= 15 is 0 Å². The molecule has 110 valence electrons. The molecular weight excluding hydrogens is 274 g/mol. The zero-order valence-electron chi connectivity index (χ0n) is 12.4. The molecule has 1 atom stereocenters. The Bertz CT molecular complexity index is 544. The van der Waals surface area contributed by atoms with Crippen LogP contribution in [0.15, 0.2) is 54.6 Å². The van der Waals surface area contributed by atoms with Crippen molar-refractivity contribution in [1.82, 2.24) is 0 Å². The summed E-state index contributed by atoms with van der Waals surface area (Å²) in [6.45, 7) is 0. The highest BCUT2D eigenvalue weighted by Crippen LogP contribution is 2.31. The van der Waals surface area contributed by atoms with Gasteiger partial charge in [0.15, 0.2) is 0 Å². The summed E-state index contributed by atoms with van der Waals surface area (Å²) in [4.78, 5) is 0. The molecule has 1 unspecified atom stereocenters. The number of rotatable bonds is 5. The van der Waals surface area contributed by atoms with Gasteiger partial charge in [0.25, 0.3) is 0 Å². The molecule has 0 amide bonds. The molecule has 0 aliphatic heterocycles. The van der Waals surface area contributed by atoms with Gasteiger partial charge in [0.05, 0.1) is 0 Å². The molecular formula is C19H23NS. The van der Waals surface area contributed by atoms with Crippen molar-refractivity contribution in [3.8, 4) is 11.1 Å². The van der Waals surface area contributed by atoms with Crippen LogP contribution in [-0.4, -0.2) is 11.0 Å². The van der Waals surface area contributed by atoms with Crippen molar-refractivity contribution in [3.63, 3.8) is 0 Å². The Morgan fingerprint density at radius 1 is 0.905 bits per heavy atom. The van der Waals surface area contributed by atoms with E-state index in [2.05, 4.69) is 60.3 Å². The van der Waals surface area contributed by atoms with Crippen LogP contribution < -0.4 is 5.73 Å². The molecule has 0 heterocycles. The van der Waals surface area contributed by atoms with E-state index in [4.69, 9.17) is 5.73 Å². The Morgan fingerprint density at radius 2 is 1.52 bits per heavy atom. The van der Waals surface area contributed by atoms with Crippen molar-refractivity contribution in [2.45, 2.75) is 37.0 Å². The summed E-state index contributed by atoms with van der Waals surface area (Å²) in [7, 11) is 0. The van der Waals surface area contributed by atoms with E-state index in [0.29, 0.717) is 0 Å². The summed E-state index contributed by atoms with van der Waals surface area (Å²) in [6.07, 6.45) is 5.56. The summed E-state index contributed by atoms with van der Waals surface area (Å²) in [5, 5.41) is 0.847. The normalized spacial score (nSPS) is 17.0. The van der Waals surface area contributed by atoms with Crippen molar-refractivity contribution in [2.24, 2.45) is 5.73 Å². The molecule has 2 N–H and O–H groups in total. The van der Waals surface area contributed by atoms with E-state index in [1.807, 2.05) is 6.07 Å². The van der Waals surface area contributed by atoms with Crippen molar-refractivity contribution >= 4 is 11.8 Å². The molecule has 0 saturated heterocycles. The minimum Gasteiger partial charge on any atom is -0.323 e. The van der Waals surface area contributed by atoms with Crippen molar-refractivity contribution < 1.29 is 0 Å². The molecule has 1 fully saturated rings. The number of benzene rings is 2. The van der Waals surface area contributed by atoms with E-state index in [9.17, 15) is 0 Å². The highest BCUT2D eigenvalue weighted by atomic mass is 32.2. The van der Waals surface area contributed by atoms with Crippen molar-refractivity contribution in [2.75, 3.05) is 5.75 Å². The summed E-state index contributed by atoms with van der Waals surface area (Å²) in [5.41, 5.74) is 10.1. The SMILES string of the molecule is NC(CSC1CCCC1)c1ccc(-c2ccccc2)cc1. The maximum atomic E-state index is 6.34. The van der Waals surface area contributed by atoms with Gasteiger partial charge in [0, 0.05) is 17.0 Å². The van der Waals surface area contributed by atoms with Gasteiger partial charge in [-0.3, -0.25) is 0 Å². The molecule has 1 aliphatic carbocycles. The van der Waals surface area contributed by atoms with E-state index in [1.54, 1.807) is 0 Å². The number of thioether (sulfide) groups is 1. The Labute approximate surface area is 132 Å². The van der Waals surface area contributed by atoms with E-state index < -0.39 is 0 Å². The van der Waals surface area contributed by atoms with Crippen LogP contribution in [0.1, 0.15) is 37.3 Å². The van der Waals surface area contributed by atoms with Gasteiger partial charge in [-0.25, -0.2) is 0 Å². The number of hydrogen-bond donors (Lipinski definition) is 1. The van der Waals surface area contributed by atoms with Gasteiger partial charge in [-0.1, -0.05) is 67.4 Å². The third kappa shape index (κ3) is 3.90. The predicted molar refractivity (Wildman–Crippen MR) is 93.5 cm³/mol. The predicted octanol–water partition coefficient (Wildman–Crippen LogP) is 5.03. The Morgan fingerprint density at radius 3 is 2.19 bits per heavy atom. The smallest absolute Gasteiger partial charge is 0.0386 e. The van der Waals surface area contributed by atoms with Crippen LogP contribution in [0.3, 0.4) is 0 Å². The molecule has 2 heteroatoms. The van der Waals surface area contributed by atoms with Crippen LogP contribution in [0.5, 0.6) is 0 Å². The van der Waals surface area contributed by atoms with Gasteiger partial charge >= 0.3 is 0 Å². The summed E-state index contributed by atoms with van der Waals surface area (Å²) >= 11 is 2.06. The van der Waals surface area contributed by atoms with Crippen LogP contribution in [0, 0.1) is 0 Å². The number of hydrogen-bond acceptors (Lipinski definition) is 2. The lowest BCUT2D eigenvalue weighted by molar-refractivity contribution is 0.820. The van der Waals surface area contributed by atoms with E-state index in [-0.39, 0.29) is 6.04 Å². The zero-order chi connectivity index (χ0) is 14.5. The van der Waals surface area contributed by atoms with E-state index in [0.717, 1.165) is 11.0 Å². The van der Waals surface area contributed by atoms with Gasteiger partial charge < -0.3 is 5.73 Å². The summed E-state index contributed by atoms with van der Waals surface area (Å²) in [5.74, 6) is 1.04. The molecule has 0 aromatic heterocycles. The monoisotopic (exact) mass is 297 g/mol. The van der Waals surface area contributed by atoms with Crippen molar-refractivity contribution in [1.29, 1.82) is 0 Å². The molecule has 21 heavy (non-hydrogen) atoms. The second-order valence-corrected chi connectivity index (χ2v) is 7.17. The molecule has 1 nitrogen and oxygen atoms in total. The second-order valence-electron chi connectivity index (χ2n) is 5.83. The molecule has 1 saturated carbocycles. The fraction of sp³-hybridized carbons (Fsp3) is 0.368. The lowest BCUT2D eigenvalue weighted by Gasteiger charge is -2.15. The summed E-state index contributed by atoms with van der Waals surface area (Å²) < 4.78 is 0. The Kier molecular flexibility index (Phi) is 5.00. The van der Waals surface area contributed by atoms with Gasteiger partial charge in [-0.05, 0) is 29.5 Å². The van der Waals surface area contributed by atoms with Gasteiger partial charge in [-0.2, -0.15) is 11.8 Å². The molecule has 0 radical (unpaired) electrons. The molecule has 0 bridgehead atoms. The standard InChI is InChI=1S/C19H23NS/c20-19(14-21-18-8-4-5-9-18)17-12-10-16(11-13-17)15-6-2-1-3-7-15/h1-3,6-7,10-13,18-19H,4-5,8-9,14,20H2. The van der Waals surface area contributed by atoms with Crippen LogP contribution in [0.2, 0.25) is 0 Å². The highest BCUT2D eigenvalue weighted by Gasteiger charge is 2.17. The Hall–Kier alpha value is -1.25. The second kappa shape index (κ2) is 7.15. The average molecular weight is 297 g/mol. The first-order chi connectivity index (χ1) is 10.3. The first kappa shape index (κ1) is 14.7. The largest absolute Gasteiger partial charge is 0.323 e. The average Bonchev–Trinajstić information content (AvgIpc) is 3.07. The van der Waals surface area contributed by atoms with Crippen LogP contribution in [-0.2, 0) is 0 Å². The fourth-order valence-corrected chi connectivity index (χ4v) is 4.28. The first-order valence-electron chi connectivity index (χ1n) is 7.85. The molecule has 3 rings (SSSR count). The van der Waals surface area contributed by atoms with Gasteiger partial charge in [0.1, 0.15) is 0 Å². The highest BCUT2D eigenvalue weighted by molar-refractivity contribution is 7.99. The maximum absolute atomic E-state index is 6.34. The lowest BCUT2D eigenvalue weighted by atomic mass is 10.0. The van der Waals surface area contributed by atoms with Gasteiger partial charge in [-0.15, -0.1) is 0 Å². The Balaban J connectivity index is 1.60. The van der Waals surface area contributed by atoms with Crippen LogP contribution in [0.25, 0.3) is 11.1 Å². The van der Waals surface area contributed by atoms with Crippen LogP contribution >= 0.6 is 11.8 Å². The quantitative estimate of drug-likeness (QED) is 0.837. The molecule has 2 aromatic carbocycles. The van der Waals surface area contributed by atoms with E-state index in [1.165, 1.54) is 42.4 Å². The third-order valence-electron chi connectivity index (χ3n) is 4.26. The van der Waals surface area contributed by atoms with Gasteiger partial charge in [0.2, 0.25) is 0 Å². The minimum absolute atomic E-state index is 0.153. The minimum atomic E-state index is 0.153. The number of nitrogens with two attached hydrogens (primary N) is 1. The molecule has 0 spiro atoms.